The Morgan fingerprint density at radius 2 is 1.96 bits per heavy atom. The summed E-state index contributed by atoms with van der Waals surface area (Å²) in [6.45, 7) is 12.0. The fourth-order valence-corrected chi connectivity index (χ4v) is 6.48. The highest BCUT2D eigenvalue weighted by Crippen LogP contribution is 2.64. The Balaban J connectivity index is 2.15. The fraction of sp³-hybridized carbons (Fsp3) is 0.824. The van der Waals surface area contributed by atoms with Crippen LogP contribution in [0.3, 0.4) is 0 Å². The minimum absolute atomic E-state index is 0.0896. The number of Topliss-reactive ketones (excluding diaryl/α,β-unsaturated/α-hetero) is 1. The standard InChI is InChI=1S/C17H28O4SSi/c1-13(8-10-23(4,5)6)21-22(19,20)12-17-9-7-14(11-15(17)18)16(17,2)3/h13-14H,7,9,11-12H2,1-6H3/t13-,14-,17-/m0/s1. The molecule has 4 nitrogen and oxygen atoms in total. The monoisotopic (exact) mass is 356 g/mol. The number of hydrogen-bond donors (Lipinski definition) is 0. The van der Waals surface area contributed by atoms with Gasteiger partial charge in [0.05, 0.1) is 11.2 Å². The van der Waals surface area contributed by atoms with E-state index in [2.05, 4.69) is 31.1 Å². The van der Waals surface area contributed by atoms with Crippen LogP contribution in [0, 0.1) is 28.2 Å². The highest BCUT2D eigenvalue weighted by atomic mass is 32.2. The van der Waals surface area contributed by atoms with Gasteiger partial charge in [-0.25, -0.2) is 0 Å². The molecule has 0 unspecified atom stereocenters. The van der Waals surface area contributed by atoms with E-state index >= 15 is 0 Å². The lowest BCUT2D eigenvalue weighted by Gasteiger charge is -2.35. The molecular formula is C17H28O4SSi. The number of carbonyl (C=O) groups excluding carboxylic acids is 1. The summed E-state index contributed by atoms with van der Waals surface area (Å²) in [6, 6.07) is 0. The first-order valence-electron chi connectivity index (χ1n) is 8.26. The first-order valence-corrected chi connectivity index (χ1v) is 13.3. The van der Waals surface area contributed by atoms with E-state index < -0.39 is 29.7 Å². The van der Waals surface area contributed by atoms with Gasteiger partial charge >= 0.3 is 0 Å². The van der Waals surface area contributed by atoms with Crippen molar-refractivity contribution in [1.29, 1.82) is 0 Å². The van der Waals surface area contributed by atoms with Crippen LogP contribution < -0.4 is 0 Å². The van der Waals surface area contributed by atoms with Crippen LogP contribution >= 0.6 is 0 Å². The first kappa shape index (κ1) is 18.7. The molecule has 2 saturated carbocycles. The molecule has 2 rings (SSSR count). The average molecular weight is 357 g/mol. The lowest BCUT2D eigenvalue weighted by molar-refractivity contribution is -0.128. The lowest BCUT2D eigenvalue weighted by Crippen LogP contribution is -2.43. The number of fused-ring (bicyclic) bond motifs is 2. The van der Waals surface area contributed by atoms with E-state index in [4.69, 9.17) is 4.18 Å². The zero-order valence-corrected chi connectivity index (χ0v) is 16.8. The van der Waals surface area contributed by atoms with Crippen molar-refractivity contribution < 1.29 is 17.4 Å². The minimum atomic E-state index is -3.79. The third kappa shape index (κ3) is 3.57. The number of hydrogen-bond acceptors (Lipinski definition) is 4. The van der Waals surface area contributed by atoms with Crippen molar-refractivity contribution in [1.82, 2.24) is 0 Å². The summed E-state index contributed by atoms with van der Waals surface area (Å²) in [5.74, 6) is 3.08. The summed E-state index contributed by atoms with van der Waals surface area (Å²) in [7, 11) is -5.36. The summed E-state index contributed by atoms with van der Waals surface area (Å²) < 4.78 is 30.3. The topological polar surface area (TPSA) is 60.4 Å². The van der Waals surface area contributed by atoms with E-state index in [1.807, 2.05) is 13.8 Å². The highest BCUT2D eigenvalue weighted by molar-refractivity contribution is 7.86. The molecule has 0 N–H and O–H groups in total. The van der Waals surface area contributed by atoms with Gasteiger partial charge in [-0.2, -0.15) is 8.42 Å². The predicted octanol–water partition coefficient (Wildman–Crippen LogP) is 3.00. The van der Waals surface area contributed by atoms with Gasteiger partial charge in [0.1, 0.15) is 20.0 Å². The maximum absolute atomic E-state index is 12.5. The van der Waals surface area contributed by atoms with Crippen LogP contribution in [0.1, 0.15) is 40.0 Å². The third-order valence-corrected chi connectivity index (χ3v) is 7.83. The quantitative estimate of drug-likeness (QED) is 0.441. The maximum atomic E-state index is 12.5. The van der Waals surface area contributed by atoms with Gasteiger partial charge in [0.25, 0.3) is 10.1 Å². The van der Waals surface area contributed by atoms with Crippen molar-refractivity contribution in [2.75, 3.05) is 5.75 Å². The van der Waals surface area contributed by atoms with Gasteiger partial charge in [-0.3, -0.25) is 8.98 Å². The zero-order chi connectivity index (χ0) is 17.7. The molecule has 130 valence electrons. The maximum Gasteiger partial charge on any atom is 0.269 e. The fourth-order valence-electron chi connectivity index (χ4n) is 4.01. The van der Waals surface area contributed by atoms with Crippen molar-refractivity contribution >= 4 is 24.0 Å². The molecule has 0 heterocycles. The zero-order valence-electron chi connectivity index (χ0n) is 15.0. The summed E-state index contributed by atoms with van der Waals surface area (Å²) >= 11 is 0. The van der Waals surface area contributed by atoms with Crippen LogP contribution in [0.4, 0.5) is 0 Å². The Morgan fingerprint density at radius 3 is 2.39 bits per heavy atom. The van der Waals surface area contributed by atoms with Gasteiger partial charge in [0, 0.05) is 6.42 Å². The van der Waals surface area contributed by atoms with E-state index in [1.54, 1.807) is 6.92 Å². The van der Waals surface area contributed by atoms with Crippen molar-refractivity contribution in [2.45, 2.75) is 65.8 Å². The Morgan fingerprint density at radius 1 is 1.35 bits per heavy atom. The summed E-state index contributed by atoms with van der Waals surface area (Å²) in [6.07, 6.45) is 1.42. The number of carbonyl (C=O) groups is 1. The molecular weight excluding hydrogens is 328 g/mol. The largest absolute Gasteiger partial charge is 0.299 e. The van der Waals surface area contributed by atoms with Gasteiger partial charge in [0.15, 0.2) is 0 Å². The van der Waals surface area contributed by atoms with Crippen molar-refractivity contribution in [3.05, 3.63) is 0 Å². The molecule has 2 bridgehead atoms. The second kappa shape index (κ2) is 5.71. The Kier molecular flexibility index (Phi) is 4.64. The van der Waals surface area contributed by atoms with E-state index in [9.17, 15) is 13.2 Å². The molecule has 3 atom stereocenters. The van der Waals surface area contributed by atoms with Crippen molar-refractivity contribution in [3.8, 4) is 11.5 Å². The van der Waals surface area contributed by atoms with Gasteiger partial charge in [-0.05, 0) is 31.1 Å². The van der Waals surface area contributed by atoms with Crippen molar-refractivity contribution in [2.24, 2.45) is 16.7 Å². The molecule has 2 fully saturated rings. The molecule has 0 spiro atoms. The molecule has 0 aliphatic heterocycles. The van der Waals surface area contributed by atoms with Gasteiger partial charge < -0.3 is 0 Å². The van der Waals surface area contributed by atoms with Crippen LogP contribution in [-0.4, -0.2) is 34.1 Å². The Labute approximate surface area is 141 Å². The lowest BCUT2D eigenvalue weighted by atomic mass is 9.70. The SMILES string of the molecule is C[C@@H](C#C[Si](C)(C)C)OS(=O)(=O)C[C@@]12CC[C@@H](CC1=O)C2(C)C. The summed E-state index contributed by atoms with van der Waals surface area (Å²) in [5, 5.41) is 0. The van der Waals surface area contributed by atoms with E-state index in [0.29, 0.717) is 18.8 Å². The Bertz CT molecular complexity index is 663. The van der Waals surface area contributed by atoms with Gasteiger partial charge in [-0.1, -0.05) is 39.4 Å². The molecule has 0 aromatic heterocycles. The second-order valence-electron chi connectivity index (χ2n) is 8.63. The highest BCUT2D eigenvalue weighted by Gasteiger charge is 2.65. The smallest absolute Gasteiger partial charge is 0.269 e. The molecule has 2 aliphatic carbocycles. The number of rotatable bonds is 4. The van der Waals surface area contributed by atoms with Crippen LogP contribution in [0.15, 0.2) is 0 Å². The molecule has 0 amide bonds. The Hall–Kier alpha value is -0.643. The van der Waals surface area contributed by atoms with Crippen LogP contribution in [0.25, 0.3) is 0 Å². The second-order valence-corrected chi connectivity index (χ2v) is 15.0. The minimum Gasteiger partial charge on any atom is -0.299 e. The molecule has 0 aromatic carbocycles. The summed E-state index contributed by atoms with van der Waals surface area (Å²) in [5.41, 5.74) is 2.08. The van der Waals surface area contributed by atoms with Crippen LogP contribution in [-0.2, 0) is 19.1 Å². The molecule has 6 heteroatoms. The van der Waals surface area contributed by atoms with E-state index in [1.165, 1.54) is 0 Å². The van der Waals surface area contributed by atoms with Gasteiger partial charge in [0.2, 0.25) is 0 Å². The van der Waals surface area contributed by atoms with E-state index in [0.717, 1.165) is 6.42 Å². The molecule has 0 saturated heterocycles. The summed E-state index contributed by atoms with van der Waals surface area (Å²) in [4.78, 5) is 12.5. The average Bonchev–Trinajstić information content (AvgIpc) is 2.68. The number of ketones is 1. The van der Waals surface area contributed by atoms with Crippen molar-refractivity contribution in [3.63, 3.8) is 0 Å². The molecule has 2 aliphatic rings. The predicted molar refractivity (Wildman–Crippen MR) is 94.0 cm³/mol. The van der Waals surface area contributed by atoms with Crippen LogP contribution in [0.5, 0.6) is 0 Å². The van der Waals surface area contributed by atoms with Gasteiger partial charge in [-0.15, -0.1) is 5.54 Å². The third-order valence-electron chi connectivity index (χ3n) is 5.50. The first-order chi connectivity index (χ1) is 10.3. The van der Waals surface area contributed by atoms with Crippen LogP contribution in [0.2, 0.25) is 19.6 Å². The molecule has 0 aromatic rings. The normalized spacial score (nSPS) is 30.9. The molecule has 23 heavy (non-hydrogen) atoms. The van der Waals surface area contributed by atoms with E-state index in [-0.39, 0.29) is 17.0 Å². The molecule has 0 radical (unpaired) electrons.